The normalized spacial score (nSPS) is 15.2. The smallest absolute Gasteiger partial charge is 0.416 e. The molecule has 1 fully saturated rings. The number of nitrogens with zero attached hydrogens (tertiary/aromatic N) is 2. The molecule has 3 rings (SSSR count). The van der Waals surface area contributed by atoms with E-state index in [0.717, 1.165) is 38.2 Å². The number of aromatic nitrogens is 1. The van der Waals surface area contributed by atoms with Crippen molar-refractivity contribution in [2.45, 2.75) is 32.5 Å². The molecule has 0 spiro atoms. The predicted molar refractivity (Wildman–Crippen MR) is 115 cm³/mol. The number of pyridine rings is 1. The molecule has 1 N–H and O–H groups in total. The zero-order valence-electron chi connectivity index (χ0n) is 18.2. The topological polar surface area (TPSA) is 82.0 Å². The number of amides is 1. The van der Waals surface area contributed by atoms with Gasteiger partial charge in [-0.3, -0.25) is 4.79 Å². The summed E-state index contributed by atoms with van der Waals surface area (Å²) in [6.45, 7) is 3.70. The van der Waals surface area contributed by atoms with E-state index in [1.54, 1.807) is 19.1 Å². The van der Waals surface area contributed by atoms with Crippen molar-refractivity contribution in [3.8, 4) is 5.88 Å². The molecule has 1 aliphatic heterocycles. The van der Waals surface area contributed by atoms with E-state index in [4.69, 9.17) is 14.3 Å². The second-order valence-electron chi connectivity index (χ2n) is 7.68. The van der Waals surface area contributed by atoms with Crippen molar-refractivity contribution < 1.29 is 32.3 Å². The summed E-state index contributed by atoms with van der Waals surface area (Å²) in [5, 5.41) is 6.83. The third kappa shape index (κ3) is 8.05. The Kier molecular flexibility index (Phi) is 8.65. The molecule has 0 bridgehead atoms. The van der Waals surface area contributed by atoms with E-state index in [1.165, 1.54) is 18.3 Å². The van der Waals surface area contributed by atoms with Crippen LogP contribution in [0.2, 0.25) is 0 Å². The van der Waals surface area contributed by atoms with Gasteiger partial charge in [-0.1, -0.05) is 17.3 Å². The molecule has 2 aromatic rings. The minimum Gasteiger partial charge on any atom is -0.468 e. The lowest BCUT2D eigenvalue weighted by atomic mass is 10.0. The number of carbonyl (C=O) groups excluding carboxylic acids is 1. The average molecular weight is 465 g/mol. The molecule has 7 nitrogen and oxygen atoms in total. The first kappa shape index (κ1) is 24.5. The molecule has 0 unspecified atom stereocenters. The van der Waals surface area contributed by atoms with Gasteiger partial charge in [0.15, 0.2) is 6.61 Å². The number of hydrogen-bond donors (Lipinski definition) is 1. The number of halogens is 3. The summed E-state index contributed by atoms with van der Waals surface area (Å²) in [6.07, 6.45) is -0.945. The van der Waals surface area contributed by atoms with Gasteiger partial charge < -0.3 is 19.6 Å². The van der Waals surface area contributed by atoms with Crippen LogP contribution < -0.4 is 10.1 Å². The predicted octanol–water partition coefficient (Wildman–Crippen LogP) is 3.96. The summed E-state index contributed by atoms with van der Waals surface area (Å²) < 4.78 is 48.5. The lowest BCUT2D eigenvalue weighted by molar-refractivity contribution is -0.137. The molecule has 2 heterocycles. The van der Waals surface area contributed by atoms with Gasteiger partial charge in [0.05, 0.1) is 11.3 Å². The van der Waals surface area contributed by atoms with Crippen LogP contribution in [0.5, 0.6) is 5.88 Å². The van der Waals surface area contributed by atoms with Crippen molar-refractivity contribution in [1.29, 1.82) is 0 Å². The van der Waals surface area contributed by atoms with Crippen molar-refractivity contribution >= 4 is 11.6 Å². The minimum atomic E-state index is -4.37. The van der Waals surface area contributed by atoms with Gasteiger partial charge in [0.25, 0.3) is 5.91 Å². The van der Waals surface area contributed by atoms with Crippen LogP contribution in [0.3, 0.4) is 0 Å². The van der Waals surface area contributed by atoms with Crippen LogP contribution in [-0.4, -0.2) is 43.0 Å². The lowest BCUT2D eigenvalue weighted by Gasteiger charge is -2.22. The molecule has 0 aliphatic carbocycles. The Labute approximate surface area is 189 Å². The van der Waals surface area contributed by atoms with Gasteiger partial charge in [-0.05, 0) is 49.4 Å². The summed E-state index contributed by atoms with van der Waals surface area (Å²) in [6, 6.07) is 8.05. The highest BCUT2D eigenvalue weighted by molar-refractivity contribution is 5.98. The number of benzene rings is 1. The number of hydrogen-bond acceptors (Lipinski definition) is 6. The SMILES string of the molecule is C/C(=N\OCc1ccc(C(F)(F)F)cc1)c1ccc(OCC(=O)NCC2CCOCC2)nc1. The van der Waals surface area contributed by atoms with Gasteiger partial charge in [-0.2, -0.15) is 13.2 Å². The van der Waals surface area contributed by atoms with E-state index in [9.17, 15) is 18.0 Å². The highest BCUT2D eigenvalue weighted by Crippen LogP contribution is 2.29. The largest absolute Gasteiger partial charge is 0.468 e. The second-order valence-corrected chi connectivity index (χ2v) is 7.68. The molecular weight excluding hydrogens is 439 g/mol. The Balaban J connectivity index is 1.41. The van der Waals surface area contributed by atoms with Crippen molar-refractivity contribution in [2.75, 3.05) is 26.4 Å². The maximum atomic E-state index is 12.6. The van der Waals surface area contributed by atoms with Crippen molar-refractivity contribution in [1.82, 2.24) is 10.3 Å². The van der Waals surface area contributed by atoms with Crippen LogP contribution in [-0.2, 0) is 27.2 Å². The molecule has 33 heavy (non-hydrogen) atoms. The van der Waals surface area contributed by atoms with E-state index in [2.05, 4.69) is 15.5 Å². The summed E-state index contributed by atoms with van der Waals surface area (Å²) in [5.41, 5.74) is 1.07. The van der Waals surface area contributed by atoms with E-state index in [0.29, 0.717) is 35.2 Å². The number of alkyl halides is 3. The molecule has 0 radical (unpaired) electrons. The van der Waals surface area contributed by atoms with E-state index in [1.807, 2.05) is 0 Å². The fraction of sp³-hybridized carbons (Fsp3) is 0.435. The van der Waals surface area contributed by atoms with Crippen LogP contribution in [0, 0.1) is 5.92 Å². The first-order chi connectivity index (χ1) is 15.8. The van der Waals surface area contributed by atoms with Gasteiger partial charge in [0, 0.05) is 37.6 Å². The van der Waals surface area contributed by atoms with Crippen LogP contribution in [0.4, 0.5) is 13.2 Å². The van der Waals surface area contributed by atoms with Gasteiger partial charge in [-0.15, -0.1) is 0 Å². The zero-order valence-corrected chi connectivity index (χ0v) is 18.2. The Morgan fingerprint density at radius 1 is 1.18 bits per heavy atom. The molecule has 10 heteroatoms. The third-order valence-electron chi connectivity index (χ3n) is 5.15. The first-order valence-electron chi connectivity index (χ1n) is 10.6. The molecule has 0 saturated carbocycles. The lowest BCUT2D eigenvalue weighted by Crippen LogP contribution is -2.35. The third-order valence-corrected chi connectivity index (χ3v) is 5.15. The van der Waals surface area contributed by atoms with Crippen molar-refractivity contribution in [3.05, 3.63) is 59.3 Å². The minimum absolute atomic E-state index is 0.0348. The van der Waals surface area contributed by atoms with Crippen LogP contribution in [0.15, 0.2) is 47.8 Å². The summed E-state index contributed by atoms with van der Waals surface area (Å²) in [4.78, 5) is 21.3. The first-order valence-corrected chi connectivity index (χ1v) is 10.6. The molecule has 1 saturated heterocycles. The molecule has 1 aromatic heterocycles. The van der Waals surface area contributed by atoms with Gasteiger partial charge in [0.1, 0.15) is 6.61 Å². The van der Waals surface area contributed by atoms with E-state index < -0.39 is 11.7 Å². The number of rotatable bonds is 9. The number of carbonyl (C=O) groups is 1. The quantitative estimate of drug-likeness (QED) is 0.448. The van der Waals surface area contributed by atoms with Crippen LogP contribution in [0.1, 0.15) is 36.5 Å². The van der Waals surface area contributed by atoms with Crippen LogP contribution >= 0.6 is 0 Å². The van der Waals surface area contributed by atoms with Gasteiger partial charge in [-0.25, -0.2) is 4.98 Å². The van der Waals surface area contributed by atoms with Crippen molar-refractivity contribution in [3.63, 3.8) is 0 Å². The number of oxime groups is 1. The number of ether oxygens (including phenoxy) is 2. The highest BCUT2D eigenvalue weighted by atomic mass is 19.4. The Morgan fingerprint density at radius 2 is 1.91 bits per heavy atom. The molecule has 1 amide bonds. The second kappa shape index (κ2) is 11.6. The van der Waals surface area contributed by atoms with Gasteiger partial charge >= 0.3 is 6.18 Å². The summed E-state index contributed by atoms with van der Waals surface area (Å²) in [5.74, 6) is 0.532. The van der Waals surface area contributed by atoms with E-state index >= 15 is 0 Å². The standard InChI is InChI=1S/C23H26F3N3O4/c1-16(29-33-14-18-2-5-20(6-3-18)23(24,25)26)19-4-7-22(28-13-19)32-15-21(30)27-12-17-8-10-31-11-9-17/h2-7,13,17H,8-12,14-15H2,1H3,(H,27,30)/b29-16+. The fourth-order valence-corrected chi connectivity index (χ4v) is 3.13. The summed E-state index contributed by atoms with van der Waals surface area (Å²) in [7, 11) is 0. The molecule has 1 aliphatic rings. The number of nitrogens with one attached hydrogen (secondary N) is 1. The average Bonchev–Trinajstić information content (AvgIpc) is 2.82. The van der Waals surface area contributed by atoms with Crippen LogP contribution in [0.25, 0.3) is 0 Å². The molecular formula is C23H26F3N3O4. The van der Waals surface area contributed by atoms with Gasteiger partial charge in [0.2, 0.25) is 5.88 Å². The Bertz CT molecular complexity index is 925. The Morgan fingerprint density at radius 3 is 2.55 bits per heavy atom. The monoisotopic (exact) mass is 465 g/mol. The molecule has 1 aromatic carbocycles. The summed E-state index contributed by atoms with van der Waals surface area (Å²) >= 11 is 0. The maximum absolute atomic E-state index is 12.6. The maximum Gasteiger partial charge on any atom is 0.416 e. The highest BCUT2D eigenvalue weighted by Gasteiger charge is 2.29. The van der Waals surface area contributed by atoms with E-state index in [-0.39, 0.29) is 19.1 Å². The Hall–Kier alpha value is -3.14. The zero-order chi connectivity index (χ0) is 23.7. The fourth-order valence-electron chi connectivity index (χ4n) is 3.13. The van der Waals surface area contributed by atoms with Crippen molar-refractivity contribution in [2.24, 2.45) is 11.1 Å². The molecule has 178 valence electrons. The molecule has 0 atom stereocenters.